The number of hydrogen-bond acceptors (Lipinski definition) is 5. The number of nitrogens with zero attached hydrogens (tertiary/aromatic N) is 2. The summed E-state index contributed by atoms with van der Waals surface area (Å²) in [5.41, 5.74) is 0.795. The van der Waals surface area contributed by atoms with Gasteiger partial charge >= 0.3 is 0 Å². The van der Waals surface area contributed by atoms with Crippen LogP contribution in [-0.2, 0) is 6.42 Å². The zero-order valence-electron chi connectivity index (χ0n) is 10.2. The first-order valence-corrected chi connectivity index (χ1v) is 6.35. The lowest BCUT2D eigenvalue weighted by Gasteiger charge is -2.04. The summed E-state index contributed by atoms with van der Waals surface area (Å²) in [6, 6.07) is 5.67. The van der Waals surface area contributed by atoms with Crippen molar-refractivity contribution < 1.29 is 9.26 Å². The van der Waals surface area contributed by atoms with Crippen LogP contribution in [-0.4, -0.2) is 30.8 Å². The molecule has 18 heavy (non-hydrogen) atoms. The summed E-state index contributed by atoms with van der Waals surface area (Å²) in [5.74, 6) is 1.86. The standard InChI is InChI=1S/C12H14BrN3O2/c1-14-6-5-11-15-12(18-16-11)9-4-3-8(13)7-10(9)17-2/h3-4,7,14H,5-6H2,1-2H3. The highest BCUT2D eigenvalue weighted by Crippen LogP contribution is 2.31. The summed E-state index contributed by atoms with van der Waals surface area (Å²) in [6.07, 6.45) is 0.735. The highest BCUT2D eigenvalue weighted by molar-refractivity contribution is 9.10. The summed E-state index contributed by atoms with van der Waals surface area (Å²) < 4.78 is 11.5. The van der Waals surface area contributed by atoms with E-state index in [-0.39, 0.29) is 0 Å². The average Bonchev–Trinajstić information content (AvgIpc) is 2.84. The zero-order chi connectivity index (χ0) is 13.0. The molecule has 0 bridgehead atoms. The Morgan fingerprint density at radius 3 is 3.00 bits per heavy atom. The van der Waals surface area contributed by atoms with Gasteiger partial charge in [-0.2, -0.15) is 4.98 Å². The van der Waals surface area contributed by atoms with E-state index in [4.69, 9.17) is 9.26 Å². The number of halogens is 1. The fraction of sp³-hybridized carbons (Fsp3) is 0.333. The van der Waals surface area contributed by atoms with Crippen molar-refractivity contribution in [3.63, 3.8) is 0 Å². The lowest BCUT2D eigenvalue weighted by molar-refractivity contribution is 0.402. The maximum atomic E-state index is 5.30. The average molecular weight is 312 g/mol. The van der Waals surface area contributed by atoms with E-state index in [1.54, 1.807) is 7.11 Å². The van der Waals surface area contributed by atoms with Crippen molar-refractivity contribution in [3.8, 4) is 17.2 Å². The van der Waals surface area contributed by atoms with E-state index in [1.807, 2.05) is 25.2 Å². The maximum absolute atomic E-state index is 5.30. The van der Waals surface area contributed by atoms with Gasteiger partial charge in [0, 0.05) is 17.4 Å². The Morgan fingerprint density at radius 2 is 2.28 bits per heavy atom. The molecule has 0 aliphatic carbocycles. The Balaban J connectivity index is 2.28. The van der Waals surface area contributed by atoms with Gasteiger partial charge < -0.3 is 14.6 Å². The van der Waals surface area contributed by atoms with E-state index in [9.17, 15) is 0 Å². The van der Waals surface area contributed by atoms with Crippen LogP contribution in [0.15, 0.2) is 27.2 Å². The molecule has 0 radical (unpaired) electrons. The molecule has 1 N–H and O–H groups in total. The topological polar surface area (TPSA) is 60.2 Å². The molecule has 0 saturated heterocycles. The third-order valence-corrected chi connectivity index (χ3v) is 2.95. The van der Waals surface area contributed by atoms with Crippen LogP contribution in [0.1, 0.15) is 5.82 Å². The summed E-state index contributed by atoms with van der Waals surface area (Å²) in [5, 5.41) is 6.98. The van der Waals surface area contributed by atoms with Crippen LogP contribution in [0.4, 0.5) is 0 Å². The van der Waals surface area contributed by atoms with Crippen LogP contribution in [0.2, 0.25) is 0 Å². The second-order valence-corrected chi connectivity index (χ2v) is 4.63. The monoisotopic (exact) mass is 311 g/mol. The Bertz CT molecular complexity index is 528. The van der Waals surface area contributed by atoms with E-state index in [2.05, 4.69) is 31.4 Å². The minimum absolute atomic E-state index is 0.477. The van der Waals surface area contributed by atoms with Gasteiger partial charge in [0.15, 0.2) is 5.82 Å². The fourth-order valence-corrected chi connectivity index (χ4v) is 1.88. The van der Waals surface area contributed by atoms with Gasteiger partial charge in [0.1, 0.15) is 5.75 Å². The molecule has 2 aromatic rings. The van der Waals surface area contributed by atoms with Gasteiger partial charge in [-0.15, -0.1) is 0 Å². The Morgan fingerprint density at radius 1 is 1.44 bits per heavy atom. The van der Waals surface area contributed by atoms with E-state index in [1.165, 1.54) is 0 Å². The predicted molar refractivity (Wildman–Crippen MR) is 71.6 cm³/mol. The lowest BCUT2D eigenvalue weighted by atomic mass is 10.2. The third kappa shape index (κ3) is 2.88. The van der Waals surface area contributed by atoms with E-state index in [0.717, 1.165) is 23.0 Å². The Labute approximate surface area is 114 Å². The number of aromatic nitrogens is 2. The highest BCUT2D eigenvalue weighted by atomic mass is 79.9. The zero-order valence-corrected chi connectivity index (χ0v) is 11.8. The first-order chi connectivity index (χ1) is 8.74. The first kappa shape index (κ1) is 13.0. The van der Waals surface area contributed by atoms with E-state index in [0.29, 0.717) is 17.5 Å². The molecule has 0 aliphatic rings. The number of likely N-dealkylation sites (N-methyl/N-ethyl adjacent to an activating group) is 1. The highest BCUT2D eigenvalue weighted by Gasteiger charge is 2.13. The second kappa shape index (κ2) is 5.97. The summed E-state index contributed by atoms with van der Waals surface area (Å²) >= 11 is 3.39. The SMILES string of the molecule is CNCCc1noc(-c2ccc(Br)cc2OC)n1. The van der Waals surface area contributed by atoms with Crippen LogP contribution in [0.5, 0.6) is 5.75 Å². The quantitative estimate of drug-likeness (QED) is 0.918. The van der Waals surface area contributed by atoms with Crippen LogP contribution >= 0.6 is 15.9 Å². The number of hydrogen-bond donors (Lipinski definition) is 1. The molecule has 96 valence electrons. The number of ether oxygens (including phenoxy) is 1. The van der Waals surface area contributed by atoms with Crippen molar-refractivity contribution in [1.29, 1.82) is 0 Å². The molecule has 1 aromatic heterocycles. The second-order valence-electron chi connectivity index (χ2n) is 3.71. The first-order valence-electron chi connectivity index (χ1n) is 5.55. The number of benzene rings is 1. The minimum atomic E-state index is 0.477. The molecule has 0 fully saturated rings. The molecule has 1 aromatic carbocycles. The molecule has 0 atom stereocenters. The maximum Gasteiger partial charge on any atom is 0.261 e. The van der Waals surface area contributed by atoms with E-state index < -0.39 is 0 Å². The third-order valence-electron chi connectivity index (χ3n) is 2.46. The lowest BCUT2D eigenvalue weighted by Crippen LogP contribution is -2.11. The van der Waals surface area contributed by atoms with E-state index >= 15 is 0 Å². The number of rotatable bonds is 5. The van der Waals surface area contributed by atoms with Crippen LogP contribution < -0.4 is 10.1 Å². The fourth-order valence-electron chi connectivity index (χ4n) is 1.54. The smallest absolute Gasteiger partial charge is 0.261 e. The molecule has 0 unspecified atom stereocenters. The van der Waals surface area contributed by atoms with Crippen molar-refractivity contribution in [2.75, 3.05) is 20.7 Å². The summed E-state index contributed by atoms with van der Waals surface area (Å²) in [4.78, 5) is 4.34. The van der Waals surface area contributed by atoms with Gasteiger partial charge in [-0.1, -0.05) is 21.1 Å². The number of nitrogens with one attached hydrogen (secondary N) is 1. The molecule has 5 nitrogen and oxygen atoms in total. The van der Waals surface area contributed by atoms with Crippen molar-refractivity contribution in [3.05, 3.63) is 28.5 Å². The molecule has 2 rings (SSSR count). The predicted octanol–water partition coefficient (Wildman–Crippen LogP) is 2.27. The molecule has 0 saturated carbocycles. The largest absolute Gasteiger partial charge is 0.496 e. The van der Waals surface area contributed by atoms with Gasteiger partial charge in [0.05, 0.1) is 12.7 Å². The van der Waals surface area contributed by atoms with Crippen molar-refractivity contribution in [2.24, 2.45) is 0 Å². The van der Waals surface area contributed by atoms with Gasteiger partial charge in [0.25, 0.3) is 5.89 Å². The summed E-state index contributed by atoms with van der Waals surface area (Å²) in [7, 11) is 3.50. The van der Waals surface area contributed by atoms with Crippen molar-refractivity contribution in [2.45, 2.75) is 6.42 Å². The van der Waals surface area contributed by atoms with Gasteiger partial charge in [-0.3, -0.25) is 0 Å². The molecule has 6 heteroatoms. The van der Waals surface area contributed by atoms with Crippen LogP contribution in [0.3, 0.4) is 0 Å². The van der Waals surface area contributed by atoms with Gasteiger partial charge in [-0.25, -0.2) is 0 Å². The van der Waals surface area contributed by atoms with Gasteiger partial charge in [-0.05, 0) is 25.2 Å². The molecular weight excluding hydrogens is 298 g/mol. The molecule has 0 amide bonds. The Hall–Kier alpha value is -1.40. The normalized spacial score (nSPS) is 10.6. The molecule has 1 heterocycles. The molecular formula is C12H14BrN3O2. The van der Waals surface area contributed by atoms with Crippen molar-refractivity contribution >= 4 is 15.9 Å². The summed E-state index contributed by atoms with van der Waals surface area (Å²) in [6.45, 7) is 0.816. The van der Waals surface area contributed by atoms with Gasteiger partial charge in [0.2, 0.25) is 0 Å². The van der Waals surface area contributed by atoms with Crippen LogP contribution in [0, 0.1) is 0 Å². The van der Waals surface area contributed by atoms with Crippen LogP contribution in [0.25, 0.3) is 11.5 Å². The molecule has 0 spiro atoms. The number of methoxy groups -OCH3 is 1. The van der Waals surface area contributed by atoms with Crippen molar-refractivity contribution in [1.82, 2.24) is 15.5 Å². The Kier molecular flexibility index (Phi) is 4.33. The molecule has 0 aliphatic heterocycles. The minimum Gasteiger partial charge on any atom is -0.496 e.